The normalized spacial score (nSPS) is 11.9. The van der Waals surface area contributed by atoms with Crippen LogP contribution in [0.5, 0.6) is 0 Å². The van der Waals surface area contributed by atoms with E-state index in [0.717, 1.165) is 16.9 Å². The second-order valence-electron chi connectivity index (χ2n) is 6.20. The zero-order chi connectivity index (χ0) is 18.6. The van der Waals surface area contributed by atoms with Crippen LogP contribution in [0.1, 0.15) is 29.0 Å². The maximum Gasteiger partial charge on any atom is 0.270 e. The summed E-state index contributed by atoms with van der Waals surface area (Å²) >= 11 is 0. The number of carbonyl (C=O) groups is 1. The van der Waals surface area contributed by atoms with Crippen molar-refractivity contribution in [3.05, 3.63) is 96.6 Å². The summed E-state index contributed by atoms with van der Waals surface area (Å²) in [5.74, 6) is -0.167. The maximum atomic E-state index is 12.8. The molecule has 2 heterocycles. The molecule has 6 nitrogen and oxygen atoms in total. The summed E-state index contributed by atoms with van der Waals surface area (Å²) in [6.45, 7) is 1.96. The molecule has 0 aliphatic heterocycles. The summed E-state index contributed by atoms with van der Waals surface area (Å²) in [6.07, 6.45) is 5.27. The third-order valence-electron chi connectivity index (χ3n) is 4.39. The van der Waals surface area contributed by atoms with Crippen LogP contribution in [0.3, 0.4) is 0 Å². The average molecular weight is 357 g/mol. The van der Waals surface area contributed by atoms with E-state index in [1.54, 1.807) is 27.8 Å². The van der Waals surface area contributed by atoms with Gasteiger partial charge in [0.15, 0.2) is 0 Å². The van der Waals surface area contributed by atoms with Crippen molar-refractivity contribution in [3.63, 3.8) is 0 Å². The van der Waals surface area contributed by atoms with Gasteiger partial charge in [0.05, 0.1) is 23.6 Å². The smallest absolute Gasteiger partial charge is 0.270 e. The number of hydrogen-bond acceptors (Lipinski definition) is 3. The fourth-order valence-corrected chi connectivity index (χ4v) is 2.94. The lowest BCUT2D eigenvalue weighted by Crippen LogP contribution is -2.28. The van der Waals surface area contributed by atoms with Crippen molar-refractivity contribution in [1.82, 2.24) is 24.9 Å². The lowest BCUT2D eigenvalue weighted by atomic mass is 10.1. The predicted molar refractivity (Wildman–Crippen MR) is 103 cm³/mol. The molecule has 0 radical (unpaired) electrons. The maximum absolute atomic E-state index is 12.8. The summed E-state index contributed by atoms with van der Waals surface area (Å²) in [5, 5.41) is 11.5. The van der Waals surface area contributed by atoms with E-state index >= 15 is 0 Å². The molecule has 6 heteroatoms. The van der Waals surface area contributed by atoms with Gasteiger partial charge >= 0.3 is 0 Å². The number of nitrogens with zero attached hydrogens (tertiary/aromatic N) is 4. The Bertz CT molecular complexity index is 1020. The highest BCUT2D eigenvalue weighted by atomic mass is 16.2. The van der Waals surface area contributed by atoms with E-state index in [2.05, 4.69) is 15.5 Å². The quantitative estimate of drug-likeness (QED) is 0.594. The molecule has 4 aromatic rings. The van der Waals surface area contributed by atoms with Crippen molar-refractivity contribution in [1.29, 1.82) is 0 Å². The van der Waals surface area contributed by atoms with Gasteiger partial charge in [0, 0.05) is 12.4 Å². The minimum absolute atomic E-state index is 0.136. The summed E-state index contributed by atoms with van der Waals surface area (Å²) in [6, 6.07) is 21.0. The van der Waals surface area contributed by atoms with Gasteiger partial charge in [-0.15, -0.1) is 0 Å². The Kier molecular flexibility index (Phi) is 4.53. The second kappa shape index (κ2) is 7.29. The van der Waals surface area contributed by atoms with Crippen molar-refractivity contribution in [2.75, 3.05) is 0 Å². The Balaban J connectivity index is 1.50. The lowest BCUT2D eigenvalue weighted by molar-refractivity contribution is 0.0932. The third-order valence-corrected chi connectivity index (χ3v) is 4.39. The fraction of sp³-hybridized carbons (Fsp3) is 0.0952. The molecule has 2 aromatic heterocycles. The Morgan fingerprint density at radius 1 is 0.889 bits per heavy atom. The van der Waals surface area contributed by atoms with Gasteiger partial charge in [0.25, 0.3) is 5.91 Å². The van der Waals surface area contributed by atoms with E-state index in [-0.39, 0.29) is 11.9 Å². The fourth-order valence-electron chi connectivity index (χ4n) is 2.94. The van der Waals surface area contributed by atoms with E-state index in [4.69, 9.17) is 0 Å². The lowest BCUT2D eigenvalue weighted by Gasteiger charge is -2.15. The highest BCUT2D eigenvalue weighted by Gasteiger charge is 2.16. The second-order valence-corrected chi connectivity index (χ2v) is 6.20. The first-order valence-electron chi connectivity index (χ1n) is 8.72. The number of amides is 1. The van der Waals surface area contributed by atoms with E-state index < -0.39 is 0 Å². The van der Waals surface area contributed by atoms with Crippen LogP contribution >= 0.6 is 0 Å². The molecule has 0 fully saturated rings. The number of aromatic nitrogens is 4. The van der Waals surface area contributed by atoms with Crippen LogP contribution < -0.4 is 5.32 Å². The summed E-state index contributed by atoms with van der Waals surface area (Å²) in [4.78, 5) is 12.8. The van der Waals surface area contributed by atoms with E-state index in [1.165, 1.54) is 0 Å². The van der Waals surface area contributed by atoms with Gasteiger partial charge in [0.2, 0.25) is 0 Å². The highest BCUT2D eigenvalue weighted by Crippen LogP contribution is 2.17. The number of hydrogen-bond donors (Lipinski definition) is 1. The molecule has 4 rings (SSSR count). The van der Waals surface area contributed by atoms with Gasteiger partial charge < -0.3 is 5.32 Å². The molecule has 1 unspecified atom stereocenters. The largest absolute Gasteiger partial charge is 0.344 e. The first kappa shape index (κ1) is 16.8. The van der Waals surface area contributed by atoms with Crippen molar-refractivity contribution < 1.29 is 4.79 Å². The molecule has 0 aliphatic carbocycles. The van der Waals surface area contributed by atoms with Crippen molar-refractivity contribution in [2.45, 2.75) is 13.0 Å². The summed E-state index contributed by atoms with van der Waals surface area (Å²) in [7, 11) is 0. The molecule has 0 bridgehead atoms. The van der Waals surface area contributed by atoms with Gasteiger partial charge in [-0.3, -0.25) is 4.79 Å². The Labute approximate surface area is 157 Å². The molecule has 1 amide bonds. The topological polar surface area (TPSA) is 64.7 Å². The van der Waals surface area contributed by atoms with Crippen molar-refractivity contribution >= 4 is 5.91 Å². The summed E-state index contributed by atoms with van der Waals surface area (Å²) < 4.78 is 3.44. The number of nitrogens with one attached hydrogen (secondary N) is 1. The minimum atomic E-state index is -0.167. The predicted octanol–water partition coefficient (Wildman–Crippen LogP) is 3.55. The molecular weight excluding hydrogens is 338 g/mol. The molecule has 2 aromatic carbocycles. The SMILES string of the molecule is CC(NC(=O)c1ccnn1-c1ccccc1)c1ccc(-n2cccn2)cc1. The van der Waals surface area contributed by atoms with Crippen LogP contribution in [0.4, 0.5) is 0 Å². The van der Waals surface area contributed by atoms with E-state index in [0.29, 0.717) is 5.69 Å². The third kappa shape index (κ3) is 3.50. The zero-order valence-corrected chi connectivity index (χ0v) is 14.9. The molecule has 0 saturated heterocycles. The highest BCUT2D eigenvalue weighted by molar-refractivity contribution is 5.93. The van der Waals surface area contributed by atoms with E-state index in [1.807, 2.05) is 73.8 Å². The molecular formula is C21H19N5O. The van der Waals surface area contributed by atoms with Gasteiger partial charge in [-0.1, -0.05) is 30.3 Å². The molecule has 1 N–H and O–H groups in total. The van der Waals surface area contributed by atoms with Crippen LogP contribution in [0.2, 0.25) is 0 Å². The van der Waals surface area contributed by atoms with Gasteiger partial charge in [-0.05, 0) is 48.9 Å². The first-order valence-corrected chi connectivity index (χ1v) is 8.72. The van der Waals surface area contributed by atoms with Crippen LogP contribution in [0.15, 0.2) is 85.3 Å². The number of carbonyl (C=O) groups excluding carboxylic acids is 1. The molecule has 0 saturated carbocycles. The summed E-state index contributed by atoms with van der Waals surface area (Å²) in [5.41, 5.74) is 3.35. The monoisotopic (exact) mass is 357 g/mol. The van der Waals surface area contributed by atoms with Gasteiger partial charge in [-0.2, -0.15) is 10.2 Å². The molecule has 0 spiro atoms. The Morgan fingerprint density at radius 3 is 2.37 bits per heavy atom. The minimum Gasteiger partial charge on any atom is -0.344 e. The Morgan fingerprint density at radius 2 is 1.67 bits per heavy atom. The molecule has 134 valence electrons. The first-order chi connectivity index (χ1) is 13.2. The molecule has 0 aliphatic rings. The Hall–Kier alpha value is -3.67. The van der Waals surface area contributed by atoms with Gasteiger partial charge in [0.1, 0.15) is 5.69 Å². The number of rotatable bonds is 5. The van der Waals surface area contributed by atoms with Crippen LogP contribution in [-0.4, -0.2) is 25.5 Å². The van der Waals surface area contributed by atoms with E-state index in [9.17, 15) is 4.79 Å². The van der Waals surface area contributed by atoms with Crippen LogP contribution in [-0.2, 0) is 0 Å². The van der Waals surface area contributed by atoms with Crippen molar-refractivity contribution in [2.24, 2.45) is 0 Å². The zero-order valence-electron chi connectivity index (χ0n) is 14.9. The van der Waals surface area contributed by atoms with Crippen LogP contribution in [0, 0.1) is 0 Å². The number of para-hydroxylation sites is 1. The average Bonchev–Trinajstić information content (AvgIpc) is 3.41. The molecule has 1 atom stereocenters. The number of benzene rings is 2. The van der Waals surface area contributed by atoms with Gasteiger partial charge in [-0.25, -0.2) is 9.36 Å². The van der Waals surface area contributed by atoms with Crippen LogP contribution in [0.25, 0.3) is 11.4 Å². The standard InChI is InChI=1S/C21H19N5O/c1-16(17-8-10-18(11-9-17)25-15-5-13-22-25)24-21(27)20-12-14-23-26(20)19-6-3-2-4-7-19/h2-16H,1H3,(H,24,27). The molecule has 27 heavy (non-hydrogen) atoms. The van der Waals surface area contributed by atoms with Crippen molar-refractivity contribution in [3.8, 4) is 11.4 Å².